The second kappa shape index (κ2) is 8.87. The average molecular weight is 355 g/mol. The highest BCUT2D eigenvalue weighted by molar-refractivity contribution is 8.00. The molecular weight excluding hydrogens is 338 g/mol. The number of thioether (sulfide) groups is 1. The average Bonchev–Trinajstić information content (AvgIpc) is 2.51. The van der Waals surface area contributed by atoms with Crippen LogP contribution in [0.3, 0.4) is 0 Å². The first-order chi connectivity index (χ1) is 11.3. The first-order valence-corrected chi connectivity index (χ1v) is 7.95. The van der Waals surface area contributed by atoms with Crippen molar-refractivity contribution in [2.24, 2.45) is 5.73 Å². The van der Waals surface area contributed by atoms with Crippen molar-refractivity contribution in [1.82, 2.24) is 4.90 Å². The molecule has 0 unspecified atom stereocenters. The molecule has 10 heteroatoms. The minimum atomic E-state index is -1.13. The molecule has 0 saturated carbocycles. The summed E-state index contributed by atoms with van der Waals surface area (Å²) in [6.45, 7) is 1.67. The van der Waals surface area contributed by atoms with Gasteiger partial charge in [-0.1, -0.05) is 6.92 Å². The number of aliphatic carboxylic acids is 1. The second-order valence-corrected chi connectivity index (χ2v) is 5.82. The van der Waals surface area contributed by atoms with Crippen molar-refractivity contribution in [2.45, 2.75) is 18.2 Å². The van der Waals surface area contributed by atoms with Crippen LogP contribution in [-0.2, 0) is 9.59 Å². The number of carbonyl (C=O) groups is 3. The van der Waals surface area contributed by atoms with E-state index in [1.807, 2.05) is 6.92 Å². The van der Waals surface area contributed by atoms with Gasteiger partial charge >= 0.3 is 5.97 Å². The lowest BCUT2D eigenvalue weighted by molar-refractivity contribution is -0.387. The maximum Gasteiger partial charge on any atom is 0.323 e. The van der Waals surface area contributed by atoms with Gasteiger partial charge in [-0.25, -0.2) is 0 Å². The van der Waals surface area contributed by atoms with E-state index in [-0.39, 0.29) is 28.4 Å². The van der Waals surface area contributed by atoms with Crippen molar-refractivity contribution in [3.05, 3.63) is 33.9 Å². The summed E-state index contributed by atoms with van der Waals surface area (Å²) in [5.41, 5.74) is 4.76. The predicted molar refractivity (Wildman–Crippen MR) is 86.8 cm³/mol. The molecule has 1 aromatic carbocycles. The number of nitro groups is 1. The third-order valence-electron chi connectivity index (χ3n) is 2.96. The van der Waals surface area contributed by atoms with Crippen LogP contribution in [-0.4, -0.2) is 51.6 Å². The topological polar surface area (TPSA) is 144 Å². The molecule has 0 bridgehead atoms. The highest BCUT2D eigenvalue weighted by Crippen LogP contribution is 2.30. The van der Waals surface area contributed by atoms with Gasteiger partial charge in [0.05, 0.1) is 15.6 Å². The summed E-state index contributed by atoms with van der Waals surface area (Å²) in [6, 6.07) is 3.73. The van der Waals surface area contributed by atoms with Crippen LogP contribution in [0.5, 0.6) is 0 Å². The Morgan fingerprint density at radius 3 is 2.54 bits per heavy atom. The van der Waals surface area contributed by atoms with Crippen molar-refractivity contribution < 1.29 is 24.4 Å². The quantitative estimate of drug-likeness (QED) is 0.383. The van der Waals surface area contributed by atoms with E-state index in [1.54, 1.807) is 0 Å². The minimum Gasteiger partial charge on any atom is -0.480 e. The number of primary amides is 1. The Hall–Kier alpha value is -2.62. The monoisotopic (exact) mass is 355 g/mol. The minimum absolute atomic E-state index is 0.00383. The molecule has 130 valence electrons. The highest BCUT2D eigenvalue weighted by Gasteiger charge is 2.20. The SMILES string of the molecule is CCCN(CC(=O)O)C(=O)CSc1ccc(C(N)=O)cc1[N+](=O)[O-]. The molecule has 0 radical (unpaired) electrons. The van der Waals surface area contributed by atoms with Crippen LogP contribution in [0.25, 0.3) is 0 Å². The van der Waals surface area contributed by atoms with Gasteiger partial charge < -0.3 is 15.7 Å². The lowest BCUT2D eigenvalue weighted by Gasteiger charge is -2.19. The van der Waals surface area contributed by atoms with Crippen LogP contribution in [0.1, 0.15) is 23.7 Å². The fraction of sp³-hybridized carbons (Fsp3) is 0.357. The molecular formula is C14H17N3O6S. The van der Waals surface area contributed by atoms with Gasteiger partial charge in [0.1, 0.15) is 6.54 Å². The van der Waals surface area contributed by atoms with Crippen LogP contribution in [0.15, 0.2) is 23.1 Å². The molecule has 0 saturated heterocycles. The number of hydrogen-bond donors (Lipinski definition) is 2. The molecule has 0 aliphatic heterocycles. The summed E-state index contributed by atoms with van der Waals surface area (Å²) < 4.78 is 0. The molecule has 3 N–H and O–H groups in total. The third-order valence-corrected chi connectivity index (χ3v) is 4.01. The molecule has 0 heterocycles. The van der Waals surface area contributed by atoms with E-state index in [2.05, 4.69) is 0 Å². The Morgan fingerprint density at radius 2 is 2.04 bits per heavy atom. The molecule has 1 rings (SSSR count). The van der Waals surface area contributed by atoms with Gasteiger partial charge in [-0.05, 0) is 18.6 Å². The number of hydrogen-bond acceptors (Lipinski definition) is 6. The number of nitro benzene ring substituents is 1. The molecule has 0 aliphatic rings. The Morgan fingerprint density at radius 1 is 1.38 bits per heavy atom. The number of rotatable bonds is 9. The summed E-state index contributed by atoms with van der Waals surface area (Å²) in [5, 5.41) is 19.9. The summed E-state index contributed by atoms with van der Waals surface area (Å²) in [7, 11) is 0. The molecule has 9 nitrogen and oxygen atoms in total. The fourth-order valence-corrected chi connectivity index (χ4v) is 2.80. The molecule has 24 heavy (non-hydrogen) atoms. The third kappa shape index (κ3) is 5.54. The number of benzene rings is 1. The summed E-state index contributed by atoms with van der Waals surface area (Å²) in [6.07, 6.45) is 0.594. The van der Waals surface area contributed by atoms with Gasteiger partial charge in [0, 0.05) is 18.2 Å². The zero-order chi connectivity index (χ0) is 18.3. The van der Waals surface area contributed by atoms with Crippen LogP contribution in [0, 0.1) is 10.1 Å². The molecule has 2 amide bonds. The van der Waals surface area contributed by atoms with Gasteiger partial charge in [0.15, 0.2) is 0 Å². The van der Waals surface area contributed by atoms with E-state index in [0.717, 1.165) is 17.8 Å². The zero-order valence-electron chi connectivity index (χ0n) is 12.9. The summed E-state index contributed by atoms with van der Waals surface area (Å²) in [4.78, 5) is 45.8. The zero-order valence-corrected chi connectivity index (χ0v) is 13.7. The van der Waals surface area contributed by atoms with Crippen LogP contribution in [0.4, 0.5) is 5.69 Å². The standard InChI is InChI=1S/C14H17N3O6S/c1-2-5-16(7-13(19)20)12(18)8-24-11-4-3-9(14(15)21)6-10(11)17(22)23/h3-4,6H,2,5,7-8H2,1H3,(H2,15,21)(H,19,20). The lowest BCUT2D eigenvalue weighted by Crippen LogP contribution is -2.37. The largest absolute Gasteiger partial charge is 0.480 e. The molecule has 0 spiro atoms. The second-order valence-electron chi connectivity index (χ2n) is 4.80. The van der Waals surface area contributed by atoms with Crippen molar-refractivity contribution in [1.29, 1.82) is 0 Å². The van der Waals surface area contributed by atoms with Crippen molar-refractivity contribution in [3.63, 3.8) is 0 Å². The fourth-order valence-electron chi connectivity index (χ4n) is 1.89. The Kier molecular flexibility index (Phi) is 7.18. The van der Waals surface area contributed by atoms with Gasteiger partial charge in [-0.15, -0.1) is 11.8 Å². The molecule has 0 aliphatic carbocycles. The number of nitrogens with zero attached hydrogens (tertiary/aromatic N) is 2. The van der Waals surface area contributed by atoms with Crippen molar-refractivity contribution >= 4 is 35.2 Å². The van der Waals surface area contributed by atoms with E-state index < -0.39 is 29.3 Å². The number of carbonyl (C=O) groups excluding carboxylic acids is 2. The van der Waals surface area contributed by atoms with E-state index >= 15 is 0 Å². The molecule has 1 aromatic rings. The van der Waals surface area contributed by atoms with Crippen LogP contribution < -0.4 is 5.73 Å². The lowest BCUT2D eigenvalue weighted by atomic mass is 10.2. The number of amides is 2. The highest BCUT2D eigenvalue weighted by atomic mass is 32.2. The Balaban J connectivity index is 2.88. The van der Waals surface area contributed by atoms with Gasteiger partial charge in [0.2, 0.25) is 11.8 Å². The molecule has 0 fully saturated rings. The summed E-state index contributed by atoms with van der Waals surface area (Å²) in [5.74, 6) is -2.50. The van der Waals surface area contributed by atoms with Crippen LogP contribution in [0.2, 0.25) is 0 Å². The van der Waals surface area contributed by atoms with Gasteiger partial charge in [-0.3, -0.25) is 24.5 Å². The smallest absolute Gasteiger partial charge is 0.323 e. The van der Waals surface area contributed by atoms with Crippen LogP contribution >= 0.6 is 11.8 Å². The van der Waals surface area contributed by atoms with E-state index in [4.69, 9.17) is 10.8 Å². The summed E-state index contributed by atoms with van der Waals surface area (Å²) >= 11 is 0.907. The maximum atomic E-state index is 12.1. The predicted octanol–water partition coefficient (Wildman–Crippen LogP) is 1.11. The normalized spacial score (nSPS) is 10.2. The molecule has 0 atom stereocenters. The van der Waals surface area contributed by atoms with Crippen molar-refractivity contribution in [2.75, 3.05) is 18.8 Å². The number of nitrogens with two attached hydrogens (primary N) is 1. The van der Waals surface area contributed by atoms with E-state index in [1.165, 1.54) is 17.0 Å². The first kappa shape index (κ1) is 19.4. The van der Waals surface area contributed by atoms with E-state index in [0.29, 0.717) is 6.42 Å². The van der Waals surface area contributed by atoms with E-state index in [9.17, 15) is 24.5 Å². The Bertz CT molecular complexity index is 664. The molecule has 0 aromatic heterocycles. The Labute approximate surface area is 142 Å². The number of carboxylic acids is 1. The number of carboxylic acid groups (broad SMARTS) is 1. The maximum absolute atomic E-state index is 12.1. The first-order valence-electron chi connectivity index (χ1n) is 6.96. The van der Waals surface area contributed by atoms with Gasteiger partial charge in [-0.2, -0.15) is 0 Å². The van der Waals surface area contributed by atoms with Crippen molar-refractivity contribution in [3.8, 4) is 0 Å². The van der Waals surface area contributed by atoms with Gasteiger partial charge in [0.25, 0.3) is 5.69 Å².